The van der Waals surface area contributed by atoms with E-state index in [0.717, 1.165) is 32.2 Å². The summed E-state index contributed by atoms with van der Waals surface area (Å²) in [6.45, 7) is 8.96. The van der Waals surface area contributed by atoms with E-state index in [1.807, 2.05) is 20.8 Å². The highest BCUT2D eigenvalue weighted by Gasteiger charge is 2.27. The Kier molecular flexibility index (Phi) is 6.67. The zero-order chi connectivity index (χ0) is 17.6. The van der Waals surface area contributed by atoms with Crippen molar-refractivity contribution in [1.29, 1.82) is 0 Å². The van der Waals surface area contributed by atoms with Crippen LogP contribution in [0.1, 0.15) is 64.9 Å². The second kappa shape index (κ2) is 8.52. The lowest BCUT2D eigenvalue weighted by Gasteiger charge is -2.22. The van der Waals surface area contributed by atoms with Crippen LogP contribution in [0.4, 0.5) is 4.79 Å². The average molecular weight is 332 g/mol. The molecule has 2 N–H and O–H groups in total. The first-order valence-electron chi connectivity index (χ1n) is 9.11. The van der Waals surface area contributed by atoms with Gasteiger partial charge in [-0.2, -0.15) is 0 Å². The Bertz CT molecular complexity index is 510. The summed E-state index contributed by atoms with van der Waals surface area (Å²) in [5, 5.41) is 6.63. The SMILES string of the molecule is CC(CCNC1CCC(NC(=O)OC(C)(C)C)C1)c1ccccc1. The molecule has 3 atom stereocenters. The summed E-state index contributed by atoms with van der Waals surface area (Å²) in [5.41, 5.74) is 0.962. The number of rotatable bonds is 6. The minimum absolute atomic E-state index is 0.226. The Hall–Kier alpha value is -1.55. The number of benzene rings is 1. The van der Waals surface area contributed by atoms with Crippen LogP contribution in [0.2, 0.25) is 0 Å². The van der Waals surface area contributed by atoms with Crippen LogP contribution in [0, 0.1) is 0 Å². The van der Waals surface area contributed by atoms with Crippen molar-refractivity contribution in [1.82, 2.24) is 10.6 Å². The van der Waals surface area contributed by atoms with Gasteiger partial charge in [-0.15, -0.1) is 0 Å². The Morgan fingerprint density at radius 3 is 2.54 bits per heavy atom. The number of hydrogen-bond acceptors (Lipinski definition) is 3. The monoisotopic (exact) mass is 332 g/mol. The van der Waals surface area contributed by atoms with Gasteiger partial charge in [0.2, 0.25) is 0 Å². The lowest BCUT2D eigenvalue weighted by Crippen LogP contribution is -2.39. The van der Waals surface area contributed by atoms with Crippen LogP contribution in [-0.2, 0) is 4.74 Å². The predicted molar refractivity (Wildman–Crippen MR) is 98.3 cm³/mol. The molecule has 0 radical (unpaired) electrons. The molecule has 0 spiro atoms. The number of nitrogens with one attached hydrogen (secondary N) is 2. The fraction of sp³-hybridized carbons (Fsp3) is 0.650. The molecule has 1 aliphatic rings. The molecule has 0 saturated heterocycles. The minimum Gasteiger partial charge on any atom is -0.444 e. The van der Waals surface area contributed by atoms with E-state index in [1.54, 1.807) is 0 Å². The summed E-state index contributed by atoms with van der Waals surface area (Å²) in [6, 6.07) is 11.4. The van der Waals surface area contributed by atoms with Gasteiger partial charge in [0.05, 0.1) is 0 Å². The van der Waals surface area contributed by atoms with E-state index < -0.39 is 5.60 Å². The van der Waals surface area contributed by atoms with E-state index in [9.17, 15) is 4.79 Å². The van der Waals surface area contributed by atoms with Gasteiger partial charge in [0.25, 0.3) is 0 Å². The summed E-state index contributed by atoms with van der Waals surface area (Å²) in [5.74, 6) is 0.566. The van der Waals surface area contributed by atoms with Gasteiger partial charge in [-0.3, -0.25) is 0 Å². The van der Waals surface area contributed by atoms with Crippen LogP contribution in [0.15, 0.2) is 30.3 Å². The van der Waals surface area contributed by atoms with Crippen LogP contribution in [0.25, 0.3) is 0 Å². The van der Waals surface area contributed by atoms with Crippen LogP contribution >= 0.6 is 0 Å². The Morgan fingerprint density at radius 2 is 1.88 bits per heavy atom. The molecule has 0 aliphatic heterocycles. The Morgan fingerprint density at radius 1 is 1.21 bits per heavy atom. The lowest BCUT2D eigenvalue weighted by atomic mass is 9.98. The van der Waals surface area contributed by atoms with E-state index in [0.29, 0.717) is 12.0 Å². The third-order valence-electron chi connectivity index (χ3n) is 4.53. The molecule has 1 saturated carbocycles. The van der Waals surface area contributed by atoms with Crippen LogP contribution in [0.3, 0.4) is 0 Å². The van der Waals surface area contributed by atoms with E-state index in [1.165, 1.54) is 5.56 Å². The van der Waals surface area contributed by atoms with Crippen molar-refractivity contribution in [3.63, 3.8) is 0 Å². The summed E-state index contributed by atoms with van der Waals surface area (Å²) in [7, 11) is 0. The fourth-order valence-electron chi connectivity index (χ4n) is 3.22. The molecule has 2 rings (SSSR count). The van der Waals surface area contributed by atoms with Crippen LogP contribution < -0.4 is 10.6 Å². The first-order chi connectivity index (χ1) is 11.3. The van der Waals surface area contributed by atoms with Gasteiger partial charge in [-0.25, -0.2) is 4.79 Å². The van der Waals surface area contributed by atoms with Crippen molar-refractivity contribution in [3.05, 3.63) is 35.9 Å². The molecule has 1 amide bonds. The molecule has 24 heavy (non-hydrogen) atoms. The highest BCUT2D eigenvalue weighted by Crippen LogP contribution is 2.21. The molecule has 134 valence electrons. The van der Waals surface area contributed by atoms with Crippen LogP contribution in [0.5, 0.6) is 0 Å². The number of carbonyl (C=O) groups excluding carboxylic acids is 1. The van der Waals surface area contributed by atoms with E-state index in [4.69, 9.17) is 4.74 Å². The zero-order valence-corrected chi connectivity index (χ0v) is 15.5. The number of amides is 1. The Balaban J connectivity index is 1.64. The molecular weight excluding hydrogens is 300 g/mol. The van der Waals surface area contributed by atoms with Crippen molar-refractivity contribution in [2.75, 3.05) is 6.54 Å². The maximum absolute atomic E-state index is 11.8. The molecule has 1 fully saturated rings. The van der Waals surface area contributed by atoms with Gasteiger partial charge < -0.3 is 15.4 Å². The minimum atomic E-state index is -0.437. The average Bonchev–Trinajstić information content (AvgIpc) is 2.93. The van der Waals surface area contributed by atoms with E-state index >= 15 is 0 Å². The maximum Gasteiger partial charge on any atom is 0.407 e. The first-order valence-corrected chi connectivity index (χ1v) is 9.11. The van der Waals surface area contributed by atoms with E-state index in [2.05, 4.69) is 47.9 Å². The maximum atomic E-state index is 11.8. The quantitative estimate of drug-likeness (QED) is 0.820. The van der Waals surface area contributed by atoms with Gasteiger partial charge in [0, 0.05) is 12.1 Å². The molecule has 1 aromatic rings. The molecular formula is C20H32N2O2. The topological polar surface area (TPSA) is 50.4 Å². The number of hydrogen-bond donors (Lipinski definition) is 2. The summed E-state index contributed by atoms with van der Waals surface area (Å²) in [4.78, 5) is 11.8. The Labute approximate surface area is 146 Å². The van der Waals surface area contributed by atoms with Gasteiger partial charge >= 0.3 is 6.09 Å². The van der Waals surface area contributed by atoms with Crippen molar-refractivity contribution in [2.24, 2.45) is 0 Å². The van der Waals surface area contributed by atoms with Gasteiger partial charge in [-0.05, 0) is 64.5 Å². The molecule has 0 heterocycles. The molecule has 0 bridgehead atoms. The third kappa shape index (κ3) is 6.52. The molecule has 1 aliphatic carbocycles. The molecule has 3 unspecified atom stereocenters. The number of ether oxygens (including phenoxy) is 1. The van der Waals surface area contributed by atoms with Crippen LogP contribution in [-0.4, -0.2) is 30.3 Å². The normalized spacial score (nSPS) is 22.2. The van der Waals surface area contributed by atoms with Crippen molar-refractivity contribution >= 4 is 6.09 Å². The summed E-state index contributed by atoms with van der Waals surface area (Å²) in [6.07, 6.45) is 3.94. The smallest absolute Gasteiger partial charge is 0.407 e. The standard InChI is InChI=1S/C20H32N2O2/c1-15(16-8-6-5-7-9-16)12-13-21-17-10-11-18(14-17)22-19(23)24-20(2,3)4/h5-9,15,17-18,21H,10-14H2,1-4H3,(H,22,23). The number of alkyl carbamates (subject to hydrolysis) is 1. The highest BCUT2D eigenvalue weighted by atomic mass is 16.6. The summed E-state index contributed by atoms with van der Waals surface area (Å²) >= 11 is 0. The highest BCUT2D eigenvalue weighted by molar-refractivity contribution is 5.68. The largest absolute Gasteiger partial charge is 0.444 e. The molecule has 1 aromatic carbocycles. The second-order valence-electron chi connectivity index (χ2n) is 7.91. The fourth-order valence-corrected chi connectivity index (χ4v) is 3.22. The zero-order valence-electron chi connectivity index (χ0n) is 15.5. The van der Waals surface area contributed by atoms with Crippen molar-refractivity contribution in [3.8, 4) is 0 Å². The lowest BCUT2D eigenvalue weighted by molar-refractivity contribution is 0.0505. The van der Waals surface area contributed by atoms with Gasteiger partial charge in [0.15, 0.2) is 0 Å². The van der Waals surface area contributed by atoms with Gasteiger partial charge in [0.1, 0.15) is 5.60 Å². The third-order valence-corrected chi connectivity index (χ3v) is 4.53. The van der Waals surface area contributed by atoms with Crippen molar-refractivity contribution in [2.45, 2.75) is 77.0 Å². The van der Waals surface area contributed by atoms with E-state index in [-0.39, 0.29) is 12.1 Å². The molecule has 0 aromatic heterocycles. The number of carbonyl (C=O) groups is 1. The summed E-state index contributed by atoms with van der Waals surface area (Å²) < 4.78 is 5.33. The first kappa shape index (κ1) is 18.8. The van der Waals surface area contributed by atoms with Gasteiger partial charge in [-0.1, -0.05) is 37.3 Å². The second-order valence-corrected chi connectivity index (χ2v) is 7.91. The molecule has 4 heteroatoms. The molecule has 4 nitrogen and oxygen atoms in total. The van der Waals surface area contributed by atoms with Crippen molar-refractivity contribution < 1.29 is 9.53 Å². The predicted octanol–water partition coefficient (Wildman–Crippen LogP) is 4.22.